The normalized spacial score (nSPS) is 31.0. The number of amides is 5. The number of hydrogen-bond acceptors (Lipinski definition) is 9. The highest BCUT2D eigenvalue weighted by molar-refractivity contribution is 7.91. The third-order valence-corrected chi connectivity index (χ3v) is 13.9. The molecule has 8 rings (SSSR count). The second kappa shape index (κ2) is 15.2. The van der Waals surface area contributed by atoms with Crippen molar-refractivity contribution in [3.63, 3.8) is 0 Å². The number of aromatic nitrogens is 1. The number of sulfonamides is 1. The van der Waals surface area contributed by atoms with Crippen molar-refractivity contribution in [1.82, 2.24) is 30.1 Å². The number of nitrogens with one attached hydrogen (secondary N) is 3. The van der Waals surface area contributed by atoms with Crippen molar-refractivity contribution >= 4 is 50.8 Å². The average Bonchev–Trinajstić information content (AvgIpc) is 3.94. The van der Waals surface area contributed by atoms with E-state index >= 15 is 0 Å². The molecule has 0 spiro atoms. The first-order valence-corrected chi connectivity index (χ1v) is 21.3. The molecule has 3 aliphatic carbocycles. The Bertz CT molecular complexity index is 2000. The van der Waals surface area contributed by atoms with E-state index in [0.717, 1.165) is 55.0 Å². The second-order valence-corrected chi connectivity index (χ2v) is 17.9. The van der Waals surface area contributed by atoms with Gasteiger partial charge in [0, 0.05) is 43.0 Å². The van der Waals surface area contributed by atoms with Gasteiger partial charge in [0.15, 0.2) is 0 Å². The molecular weight excluding hydrogens is 725 g/mol. The van der Waals surface area contributed by atoms with Crippen molar-refractivity contribution in [1.29, 1.82) is 0 Å². The molecule has 1 aromatic heterocycles. The molecule has 3 aliphatic heterocycles. The molecule has 3 N–H and O–H groups in total. The Labute approximate surface area is 321 Å². The molecule has 294 valence electrons. The summed E-state index contributed by atoms with van der Waals surface area (Å²) in [6, 6.07) is 7.43. The van der Waals surface area contributed by atoms with Gasteiger partial charge in [0.2, 0.25) is 27.7 Å². The van der Waals surface area contributed by atoms with Crippen LogP contribution < -0.4 is 20.1 Å². The van der Waals surface area contributed by atoms with Crippen LogP contribution in [0.5, 0.6) is 5.88 Å². The number of ether oxygens (including phenoxy) is 2. The van der Waals surface area contributed by atoms with Crippen LogP contribution in [0.4, 0.5) is 4.79 Å². The number of urea groups is 1. The molecule has 4 heterocycles. The Balaban J connectivity index is 1.12. The topological polar surface area (TPSA) is 176 Å². The van der Waals surface area contributed by atoms with E-state index in [0.29, 0.717) is 44.8 Å². The number of nitrogens with zero attached hydrogens (tertiary/aromatic N) is 3. The lowest BCUT2D eigenvalue weighted by molar-refractivity contribution is -0.142. The van der Waals surface area contributed by atoms with Crippen molar-refractivity contribution in [2.45, 2.75) is 106 Å². The molecule has 2 saturated heterocycles. The van der Waals surface area contributed by atoms with Crippen LogP contribution in [0, 0.1) is 11.8 Å². The summed E-state index contributed by atoms with van der Waals surface area (Å²) in [6.45, 7) is 5.34. The number of allylic oxidation sites excluding steroid dienone is 1. The van der Waals surface area contributed by atoms with Gasteiger partial charge < -0.3 is 29.9 Å². The Morgan fingerprint density at radius 2 is 1.84 bits per heavy atom. The number of carbonyl (C=O) groups is 4. The van der Waals surface area contributed by atoms with Crippen molar-refractivity contribution in [3.8, 4) is 5.88 Å². The van der Waals surface area contributed by atoms with Gasteiger partial charge >= 0.3 is 6.03 Å². The van der Waals surface area contributed by atoms with Crippen molar-refractivity contribution in [3.05, 3.63) is 54.6 Å². The first-order chi connectivity index (χ1) is 26.5. The van der Waals surface area contributed by atoms with Crippen LogP contribution in [0.2, 0.25) is 0 Å². The van der Waals surface area contributed by atoms with Gasteiger partial charge in [0.25, 0.3) is 5.91 Å². The van der Waals surface area contributed by atoms with Crippen LogP contribution in [0.1, 0.15) is 76.2 Å². The zero-order valence-corrected chi connectivity index (χ0v) is 31.8. The minimum atomic E-state index is -3.89. The average molecular weight is 775 g/mol. The molecule has 5 amide bonds. The number of rotatable bonds is 7. The summed E-state index contributed by atoms with van der Waals surface area (Å²) in [7, 11) is -3.89. The lowest BCUT2D eigenvalue weighted by Crippen LogP contribution is -2.59. The predicted molar refractivity (Wildman–Crippen MR) is 204 cm³/mol. The SMILES string of the molecule is C=C[C@H]1C[C@]1(NC(=O)[C@@H]1C[C@@H]2CN1C(=O)[C@H](C1CCCC1)NC(=O)N1CC[C@@H](C1)OCCC/C=C/c1cc3ccccc3nc1O2)C(=O)NS(=O)(=O)C1CC1. The maximum atomic E-state index is 14.9. The monoisotopic (exact) mass is 774 g/mol. The molecule has 4 bridgehead atoms. The van der Waals surface area contributed by atoms with E-state index in [1.54, 1.807) is 4.90 Å². The highest BCUT2D eigenvalue weighted by Crippen LogP contribution is 2.45. The van der Waals surface area contributed by atoms with Crippen LogP contribution in [0.15, 0.2) is 49.1 Å². The van der Waals surface area contributed by atoms with E-state index < -0.39 is 62.6 Å². The molecule has 3 saturated carbocycles. The van der Waals surface area contributed by atoms with Crippen molar-refractivity contribution in [2.75, 3.05) is 26.2 Å². The number of para-hydroxylation sites is 1. The minimum absolute atomic E-state index is 0.0352. The van der Waals surface area contributed by atoms with Gasteiger partial charge in [-0.15, -0.1) is 6.58 Å². The first-order valence-electron chi connectivity index (χ1n) is 19.8. The van der Waals surface area contributed by atoms with Crippen molar-refractivity contribution in [2.24, 2.45) is 11.8 Å². The molecule has 15 heteroatoms. The van der Waals surface area contributed by atoms with E-state index in [2.05, 4.69) is 28.0 Å². The molecule has 6 aliphatic rings. The summed E-state index contributed by atoms with van der Waals surface area (Å²) in [5.74, 6) is -2.06. The molecule has 0 unspecified atom stereocenters. The molecule has 2 aromatic rings. The molecule has 14 nitrogen and oxygen atoms in total. The lowest BCUT2D eigenvalue weighted by atomic mass is 9.96. The first kappa shape index (κ1) is 37.4. The fourth-order valence-electron chi connectivity index (χ4n) is 8.67. The lowest BCUT2D eigenvalue weighted by Gasteiger charge is -2.33. The van der Waals surface area contributed by atoms with E-state index in [1.807, 2.05) is 36.4 Å². The molecule has 5 fully saturated rings. The van der Waals surface area contributed by atoms with Crippen LogP contribution >= 0.6 is 0 Å². The fraction of sp³-hybridized carbons (Fsp3) is 0.575. The maximum Gasteiger partial charge on any atom is 0.318 e. The summed E-state index contributed by atoms with van der Waals surface area (Å²) in [4.78, 5) is 64.7. The summed E-state index contributed by atoms with van der Waals surface area (Å²) in [5, 5.41) is 6.24. The number of pyridine rings is 1. The molecule has 55 heavy (non-hydrogen) atoms. The predicted octanol–water partition coefficient (Wildman–Crippen LogP) is 3.42. The van der Waals surface area contributed by atoms with E-state index in [4.69, 9.17) is 14.5 Å². The number of benzene rings is 1. The minimum Gasteiger partial charge on any atom is -0.472 e. The fourth-order valence-corrected chi connectivity index (χ4v) is 10.0. The molecular formula is C40H50N6O8S. The number of fused-ring (bicyclic) bond motifs is 6. The van der Waals surface area contributed by atoms with E-state index in [-0.39, 0.29) is 37.4 Å². The largest absolute Gasteiger partial charge is 0.472 e. The van der Waals surface area contributed by atoms with Gasteiger partial charge in [-0.3, -0.25) is 19.1 Å². The van der Waals surface area contributed by atoms with Gasteiger partial charge in [-0.25, -0.2) is 18.2 Å². The van der Waals surface area contributed by atoms with Gasteiger partial charge in [0.1, 0.15) is 23.7 Å². The Hall–Kier alpha value is -4.50. The van der Waals surface area contributed by atoms with Gasteiger partial charge in [-0.05, 0) is 69.4 Å². The quantitative estimate of drug-likeness (QED) is 0.356. The summed E-state index contributed by atoms with van der Waals surface area (Å²) in [5.41, 5.74) is -0.0377. The standard InChI is InChI=1S/C40H50N6O8S/c1-2-28-22-40(28,38(49)44-55(51,52)31-15-16-31)43-35(47)33-21-30-24-46(33)37(48)34(25-10-5-6-11-25)42-39(50)45-18-17-29(23-45)53-19-9-3-4-13-27-20-26-12-7-8-14-32(26)41-36(27)54-30/h2,4,7-8,12-14,20,25,28-31,33-34H,1,3,5-6,9-11,15-19,21-24H2,(H,42,50)(H,43,47)(H,44,49)/b13-4+/t28-,29-,30+,33-,34-,40+/m0/s1. The van der Waals surface area contributed by atoms with Gasteiger partial charge in [0.05, 0.1) is 23.4 Å². The molecule has 0 radical (unpaired) electrons. The zero-order chi connectivity index (χ0) is 38.3. The third-order valence-electron chi connectivity index (χ3n) is 12.1. The van der Waals surface area contributed by atoms with Crippen LogP contribution in [0.3, 0.4) is 0 Å². The summed E-state index contributed by atoms with van der Waals surface area (Å²) >= 11 is 0. The molecule has 6 atom stereocenters. The number of carbonyl (C=O) groups excluding carboxylic acids is 4. The highest BCUT2D eigenvalue weighted by Gasteiger charge is 2.62. The third kappa shape index (κ3) is 7.82. The van der Waals surface area contributed by atoms with Gasteiger partial charge in [-0.2, -0.15) is 0 Å². The summed E-state index contributed by atoms with van der Waals surface area (Å²) < 4.78 is 40.5. The van der Waals surface area contributed by atoms with E-state index in [9.17, 15) is 27.6 Å². The highest BCUT2D eigenvalue weighted by atomic mass is 32.2. The maximum absolute atomic E-state index is 14.9. The second-order valence-electron chi connectivity index (χ2n) is 16.0. The van der Waals surface area contributed by atoms with Crippen LogP contribution in [0.25, 0.3) is 17.0 Å². The van der Waals surface area contributed by atoms with E-state index in [1.165, 1.54) is 11.0 Å². The Morgan fingerprint density at radius 1 is 1.04 bits per heavy atom. The van der Waals surface area contributed by atoms with Crippen LogP contribution in [-0.4, -0.2) is 108 Å². The smallest absolute Gasteiger partial charge is 0.318 e. The number of hydrogen-bond donors (Lipinski definition) is 3. The Morgan fingerprint density at radius 3 is 2.60 bits per heavy atom. The molecule has 1 aromatic carbocycles. The Kier molecular flexibility index (Phi) is 10.3. The van der Waals surface area contributed by atoms with Gasteiger partial charge in [-0.1, -0.05) is 49.3 Å². The van der Waals surface area contributed by atoms with Crippen LogP contribution in [-0.2, 0) is 29.1 Å². The summed E-state index contributed by atoms with van der Waals surface area (Å²) in [6.07, 6.45) is 11.6. The zero-order valence-electron chi connectivity index (χ0n) is 31.0. The van der Waals surface area contributed by atoms with Crippen molar-refractivity contribution < 1.29 is 37.1 Å².